The molecule has 3 aromatic heterocycles. The summed E-state index contributed by atoms with van der Waals surface area (Å²) in [6.45, 7) is 6.58. The molecule has 0 fully saturated rings. The number of hydrogen-bond donors (Lipinski definition) is 0. The smallest absolute Gasteiger partial charge is 0.226 e. The number of nitrogens with zero attached hydrogens (tertiary/aromatic N) is 3. The van der Waals surface area contributed by atoms with Crippen LogP contribution in [0.5, 0.6) is 5.88 Å². The summed E-state index contributed by atoms with van der Waals surface area (Å²) in [5.74, 6) is 0.0691. The number of ether oxygens (including phenoxy) is 1. The molecule has 0 atom stereocenters. The van der Waals surface area contributed by atoms with Crippen LogP contribution in [0.25, 0.3) is 21.3 Å². The minimum absolute atomic E-state index is 0.102. The van der Waals surface area contributed by atoms with E-state index in [1.807, 2.05) is 25.3 Å². The number of halogens is 1. The Hall–Kier alpha value is -3.84. The molecule has 7 heteroatoms. The fourth-order valence-electron chi connectivity index (χ4n) is 4.43. The van der Waals surface area contributed by atoms with Gasteiger partial charge < -0.3 is 9.30 Å². The van der Waals surface area contributed by atoms with Crippen molar-refractivity contribution in [3.05, 3.63) is 100 Å². The highest BCUT2D eigenvalue weighted by molar-refractivity contribution is 7.17. The van der Waals surface area contributed by atoms with Gasteiger partial charge in [0.1, 0.15) is 17.0 Å². The molecule has 0 aliphatic rings. The van der Waals surface area contributed by atoms with Gasteiger partial charge in [0, 0.05) is 34.4 Å². The molecule has 0 spiro atoms. The molecule has 3 heterocycles. The fourth-order valence-corrected chi connectivity index (χ4v) is 5.34. The van der Waals surface area contributed by atoms with E-state index in [4.69, 9.17) is 4.74 Å². The molecule has 0 saturated carbocycles. The first-order valence-electron chi connectivity index (χ1n) is 11.8. The number of aromatic nitrogens is 3. The SMILES string of the molecule is Cc1ccc(-c2csc3ncnc(OCC(=O)c4cc(C)n(CCc5ccc(F)cc5)c4C)c23)cc1. The van der Waals surface area contributed by atoms with Gasteiger partial charge in [-0.3, -0.25) is 4.79 Å². The zero-order chi connectivity index (χ0) is 25.2. The van der Waals surface area contributed by atoms with Gasteiger partial charge in [0.15, 0.2) is 6.61 Å². The van der Waals surface area contributed by atoms with E-state index in [1.165, 1.54) is 35.4 Å². The lowest BCUT2D eigenvalue weighted by molar-refractivity contribution is 0.0918. The van der Waals surface area contributed by atoms with Gasteiger partial charge in [0.25, 0.3) is 0 Å². The Morgan fingerprint density at radius 1 is 1.03 bits per heavy atom. The molecule has 5 nitrogen and oxygen atoms in total. The van der Waals surface area contributed by atoms with Gasteiger partial charge in [0.2, 0.25) is 11.7 Å². The van der Waals surface area contributed by atoms with Crippen molar-refractivity contribution in [1.29, 1.82) is 0 Å². The van der Waals surface area contributed by atoms with E-state index in [2.05, 4.69) is 45.7 Å². The summed E-state index contributed by atoms with van der Waals surface area (Å²) in [4.78, 5) is 22.7. The summed E-state index contributed by atoms with van der Waals surface area (Å²) in [7, 11) is 0. The number of thiophene rings is 1. The molecular formula is C29H26FN3O2S. The predicted octanol–water partition coefficient (Wildman–Crippen LogP) is 6.73. The van der Waals surface area contributed by atoms with Crippen LogP contribution in [0, 0.1) is 26.6 Å². The third kappa shape index (κ3) is 4.79. The standard InChI is InChI=1S/C29H26FN3O2S/c1-18-4-8-22(9-5-18)25-16-36-29-27(25)28(31-17-32-29)35-15-26(34)24-14-19(2)33(20(24)3)13-12-21-6-10-23(30)11-7-21/h4-11,14,16-17H,12-13,15H2,1-3H3. The number of carbonyl (C=O) groups is 1. The van der Waals surface area contributed by atoms with Crippen molar-refractivity contribution in [2.24, 2.45) is 0 Å². The van der Waals surface area contributed by atoms with Crippen LogP contribution in [0.4, 0.5) is 4.39 Å². The molecule has 2 aromatic carbocycles. The van der Waals surface area contributed by atoms with Crippen molar-refractivity contribution in [3.63, 3.8) is 0 Å². The summed E-state index contributed by atoms with van der Waals surface area (Å²) in [6.07, 6.45) is 2.22. The van der Waals surface area contributed by atoms with E-state index in [-0.39, 0.29) is 18.2 Å². The number of benzene rings is 2. The Morgan fingerprint density at radius 2 is 1.78 bits per heavy atom. The van der Waals surface area contributed by atoms with Crippen LogP contribution in [0.2, 0.25) is 0 Å². The molecular weight excluding hydrogens is 473 g/mol. The Labute approximate surface area is 213 Å². The van der Waals surface area contributed by atoms with E-state index in [0.717, 1.165) is 44.7 Å². The first-order valence-corrected chi connectivity index (χ1v) is 12.6. The second-order valence-corrected chi connectivity index (χ2v) is 9.76. The van der Waals surface area contributed by atoms with Crippen LogP contribution in [0.3, 0.4) is 0 Å². The number of hydrogen-bond acceptors (Lipinski definition) is 5. The highest BCUT2D eigenvalue weighted by atomic mass is 32.1. The Morgan fingerprint density at radius 3 is 2.53 bits per heavy atom. The van der Waals surface area contributed by atoms with Gasteiger partial charge in [-0.2, -0.15) is 0 Å². The first-order chi connectivity index (χ1) is 17.4. The molecule has 36 heavy (non-hydrogen) atoms. The predicted molar refractivity (Wildman–Crippen MR) is 141 cm³/mol. The molecule has 0 unspecified atom stereocenters. The molecule has 5 aromatic rings. The summed E-state index contributed by atoms with van der Waals surface area (Å²) >= 11 is 1.53. The largest absolute Gasteiger partial charge is 0.469 e. The molecule has 0 N–H and O–H groups in total. The van der Waals surface area contributed by atoms with Gasteiger partial charge >= 0.3 is 0 Å². The molecule has 5 rings (SSSR count). The summed E-state index contributed by atoms with van der Waals surface area (Å²) in [5, 5.41) is 2.87. The van der Waals surface area contributed by atoms with Crippen molar-refractivity contribution in [2.75, 3.05) is 6.61 Å². The van der Waals surface area contributed by atoms with Crippen LogP contribution in [-0.2, 0) is 13.0 Å². The zero-order valence-corrected chi connectivity index (χ0v) is 21.2. The summed E-state index contributed by atoms with van der Waals surface area (Å²) in [5.41, 5.74) is 6.83. The number of ketones is 1. The van der Waals surface area contributed by atoms with Crippen molar-refractivity contribution in [1.82, 2.24) is 14.5 Å². The number of rotatable bonds is 8. The lowest BCUT2D eigenvalue weighted by atomic mass is 10.0. The average molecular weight is 500 g/mol. The third-order valence-electron chi connectivity index (χ3n) is 6.45. The maximum Gasteiger partial charge on any atom is 0.226 e. The van der Waals surface area contributed by atoms with E-state index in [0.29, 0.717) is 18.0 Å². The van der Waals surface area contributed by atoms with Crippen LogP contribution in [0.15, 0.2) is 66.3 Å². The van der Waals surface area contributed by atoms with Crippen molar-refractivity contribution >= 4 is 27.3 Å². The van der Waals surface area contributed by atoms with Crippen LogP contribution in [-0.4, -0.2) is 26.9 Å². The molecule has 0 aliphatic heterocycles. The molecule has 0 radical (unpaired) electrons. The van der Waals surface area contributed by atoms with Crippen LogP contribution >= 0.6 is 11.3 Å². The topological polar surface area (TPSA) is 57.0 Å². The highest BCUT2D eigenvalue weighted by Gasteiger charge is 2.19. The van der Waals surface area contributed by atoms with E-state index in [9.17, 15) is 9.18 Å². The Balaban J connectivity index is 1.34. The minimum Gasteiger partial charge on any atom is -0.469 e. The number of aryl methyl sites for hydroxylation is 3. The van der Waals surface area contributed by atoms with Crippen molar-refractivity contribution < 1.29 is 13.9 Å². The zero-order valence-electron chi connectivity index (χ0n) is 20.4. The Bertz CT molecular complexity index is 1540. The Kier molecular flexibility index (Phi) is 6.65. The summed E-state index contributed by atoms with van der Waals surface area (Å²) < 4.78 is 21.3. The maximum atomic E-state index is 13.2. The van der Waals surface area contributed by atoms with Gasteiger partial charge in [-0.1, -0.05) is 42.0 Å². The molecule has 0 saturated heterocycles. The van der Waals surface area contributed by atoms with Gasteiger partial charge in [0.05, 0.1) is 5.39 Å². The minimum atomic E-state index is -0.241. The van der Waals surface area contributed by atoms with E-state index in [1.54, 1.807) is 12.1 Å². The lowest BCUT2D eigenvalue weighted by Gasteiger charge is -2.10. The van der Waals surface area contributed by atoms with Crippen LogP contribution < -0.4 is 4.74 Å². The van der Waals surface area contributed by atoms with Crippen LogP contribution in [0.1, 0.15) is 32.9 Å². The maximum absolute atomic E-state index is 13.2. The average Bonchev–Trinajstić information content (AvgIpc) is 3.44. The quantitative estimate of drug-likeness (QED) is 0.222. The third-order valence-corrected chi connectivity index (χ3v) is 7.34. The number of Topliss-reactive ketones (excluding diaryl/α,β-unsaturated/α-hetero) is 1. The monoisotopic (exact) mass is 499 g/mol. The second-order valence-electron chi connectivity index (χ2n) is 8.90. The van der Waals surface area contributed by atoms with Gasteiger partial charge in [-0.05, 0) is 56.5 Å². The second kappa shape index (κ2) is 10.0. The van der Waals surface area contributed by atoms with Gasteiger partial charge in [-0.15, -0.1) is 11.3 Å². The normalized spacial score (nSPS) is 11.2. The molecule has 182 valence electrons. The molecule has 0 bridgehead atoms. The number of carbonyl (C=O) groups excluding carboxylic acids is 1. The fraction of sp³-hybridized carbons (Fsp3) is 0.207. The first kappa shape index (κ1) is 23.9. The van der Waals surface area contributed by atoms with Gasteiger partial charge in [-0.25, -0.2) is 14.4 Å². The molecule has 0 aliphatic carbocycles. The van der Waals surface area contributed by atoms with Crippen molar-refractivity contribution in [3.8, 4) is 17.0 Å². The van der Waals surface area contributed by atoms with E-state index >= 15 is 0 Å². The van der Waals surface area contributed by atoms with E-state index < -0.39 is 0 Å². The van der Waals surface area contributed by atoms with Crippen molar-refractivity contribution in [2.45, 2.75) is 33.7 Å². The lowest BCUT2D eigenvalue weighted by Crippen LogP contribution is -2.14. The highest BCUT2D eigenvalue weighted by Crippen LogP contribution is 2.37. The number of fused-ring (bicyclic) bond motifs is 1. The molecule has 0 amide bonds. The summed E-state index contributed by atoms with van der Waals surface area (Å²) in [6, 6.07) is 16.7.